The van der Waals surface area contributed by atoms with E-state index in [2.05, 4.69) is 15.5 Å². The molecule has 0 saturated carbocycles. The van der Waals surface area contributed by atoms with Gasteiger partial charge in [-0.2, -0.15) is 0 Å². The van der Waals surface area contributed by atoms with Crippen molar-refractivity contribution in [1.29, 1.82) is 0 Å². The highest BCUT2D eigenvalue weighted by molar-refractivity contribution is 7.99. The van der Waals surface area contributed by atoms with E-state index >= 15 is 0 Å². The molecule has 4 rings (SSSR count). The molecule has 0 bridgehead atoms. The topological polar surface area (TPSA) is 69.0 Å². The van der Waals surface area contributed by atoms with Crippen molar-refractivity contribution in [3.8, 4) is 22.8 Å². The third kappa shape index (κ3) is 5.78. The van der Waals surface area contributed by atoms with Crippen LogP contribution in [0.15, 0.2) is 84.0 Å². The maximum Gasteiger partial charge on any atom is 0.224 e. The summed E-state index contributed by atoms with van der Waals surface area (Å²) in [5, 5.41) is 12.4. The Morgan fingerprint density at radius 1 is 1.03 bits per heavy atom. The first-order valence-corrected chi connectivity index (χ1v) is 11.5. The van der Waals surface area contributed by atoms with Crippen molar-refractivity contribution in [1.82, 2.24) is 14.8 Å². The minimum Gasteiger partial charge on any atom is -0.497 e. The molecule has 1 aromatic heterocycles. The molecule has 0 radical (unpaired) electrons. The molecule has 6 nitrogen and oxygen atoms in total. The van der Waals surface area contributed by atoms with E-state index in [-0.39, 0.29) is 11.7 Å². The molecule has 0 atom stereocenters. The van der Waals surface area contributed by atoms with Gasteiger partial charge in [-0.25, -0.2) is 4.39 Å². The second-order valence-corrected chi connectivity index (χ2v) is 8.28. The first kappa shape index (κ1) is 22.5. The molecule has 0 unspecified atom stereocenters. The number of methoxy groups -OCH3 is 1. The Bertz CT molecular complexity index is 1210. The Labute approximate surface area is 195 Å². The van der Waals surface area contributed by atoms with Crippen LogP contribution >= 0.6 is 11.8 Å². The number of anilines is 1. The van der Waals surface area contributed by atoms with Gasteiger partial charge < -0.3 is 10.1 Å². The number of amides is 1. The lowest BCUT2D eigenvalue weighted by Crippen LogP contribution is -2.11. The third-order valence-corrected chi connectivity index (χ3v) is 5.90. The fourth-order valence-corrected chi connectivity index (χ4v) is 4.17. The number of ether oxygens (including phenoxy) is 1. The predicted molar refractivity (Wildman–Crippen MR) is 128 cm³/mol. The van der Waals surface area contributed by atoms with E-state index in [4.69, 9.17) is 4.74 Å². The molecule has 0 aliphatic heterocycles. The average molecular weight is 463 g/mol. The van der Waals surface area contributed by atoms with Gasteiger partial charge in [0.2, 0.25) is 5.91 Å². The summed E-state index contributed by atoms with van der Waals surface area (Å²) in [5.41, 5.74) is 2.44. The zero-order valence-corrected chi connectivity index (χ0v) is 18.9. The van der Waals surface area contributed by atoms with Gasteiger partial charge >= 0.3 is 0 Å². The number of halogens is 1. The Morgan fingerprint density at radius 3 is 2.58 bits per heavy atom. The summed E-state index contributed by atoms with van der Waals surface area (Å²) in [5.74, 6) is 1.72. The van der Waals surface area contributed by atoms with Crippen LogP contribution in [-0.2, 0) is 4.79 Å². The molecule has 0 spiro atoms. The molecule has 0 fully saturated rings. The van der Waals surface area contributed by atoms with Crippen LogP contribution in [-0.4, -0.2) is 33.5 Å². The van der Waals surface area contributed by atoms with Crippen molar-refractivity contribution >= 4 is 23.4 Å². The van der Waals surface area contributed by atoms with Crippen LogP contribution in [0, 0.1) is 5.82 Å². The summed E-state index contributed by atoms with van der Waals surface area (Å²) >= 11 is 1.55. The second kappa shape index (κ2) is 10.8. The van der Waals surface area contributed by atoms with Crippen LogP contribution < -0.4 is 10.1 Å². The molecule has 33 heavy (non-hydrogen) atoms. The summed E-state index contributed by atoms with van der Waals surface area (Å²) in [6, 6.07) is 23.4. The highest BCUT2D eigenvalue weighted by Gasteiger charge is 2.16. The van der Waals surface area contributed by atoms with Gasteiger partial charge in [-0.15, -0.1) is 10.2 Å². The molecule has 1 heterocycles. The van der Waals surface area contributed by atoms with Gasteiger partial charge in [-0.3, -0.25) is 9.36 Å². The van der Waals surface area contributed by atoms with E-state index in [1.807, 2.05) is 59.2 Å². The van der Waals surface area contributed by atoms with Crippen LogP contribution in [0.3, 0.4) is 0 Å². The largest absolute Gasteiger partial charge is 0.497 e. The van der Waals surface area contributed by atoms with Crippen molar-refractivity contribution in [3.05, 3.63) is 84.7 Å². The smallest absolute Gasteiger partial charge is 0.224 e. The number of hydrogen-bond donors (Lipinski definition) is 1. The van der Waals surface area contributed by atoms with Gasteiger partial charge in [0, 0.05) is 29.1 Å². The monoisotopic (exact) mass is 462 g/mol. The molecular weight excluding hydrogens is 439 g/mol. The van der Waals surface area contributed by atoms with Crippen molar-refractivity contribution < 1.29 is 13.9 Å². The van der Waals surface area contributed by atoms with Crippen LogP contribution in [0.5, 0.6) is 5.75 Å². The number of aromatic nitrogens is 3. The van der Waals surface area contributed by atoms with E-state index in [9.17, 15) is 9.18 Å². The highest BCUT2D eigenvalue weighted by atomic mass is 32.2. The lowest BCUT2D eigenvalue weighted by molar-refractivity contribution is -0.116. The fourth-order valence-electron chi connectivity index (χ4n) is 3.28. The van der Waals surface area contributed by atoms with Gasteiger partial charge in [0.1, 0.15) is 11.6 Å². The van der Waals surface area contributed by atoms with Crippen molar-refractivity contribution in [2.75, 3.05) is 18.2 Å². The van der Waals surface area contributed by atoms with Crippen LogP contribution in [0.25, 0.3) is 17.1 Å². The quantitative estimate of drug-likeness (QED) is 0.259. The van der Waals surface area contributed by atoms with E-state index in [0.717, 1.165) is 28.0 Å². The Hall–Kier alpha value is -3.65. The van der Waals surface area contributed by atoms with Gasteiger partial charge in [0.15, 0.2) is 11.0 Å². The third-order valence-electron chi connectivity index (χ3n) is 4.88. The van der Waals surface area contributed by atoms with Gasteiger partial charge in [0.05, 0.1) is 7.11 Å². The van der Waals surface area contributed by atoms with Gasteiger partial charge in [-0.1, -0.05) is 42.1 Å². The van der Waals surface area contributed by atoms with E-state index < -0.39 is 0 Å². The lowest BCUT2D eigenvalue weighted by Gasteiger charge is -2.11. The first-order chi connectivity index (χ1) is 16.1. The summed E-state index contributed by atoms with van der Waals surface area (Å²) in [6.45, 7) is 0. The number of hydrogen-bond acceptors (Lipinski definition) is 5. The molecule has 1 amide bonds. The zero-order chi connectivity index (χ0) is 23.0. The molecule has 3 aromatic carbocycles. The summed E-state index contributed by atoms with van der Waals surface area (Å²) in [4.78, 5) is 12.2. The molecular formula is C25H23FN4O2S. The van der Waals surface area contributed by atoms with E-state index in [0.29, 0.717) is 24.3 Å². The molecule has 168 valence electrons. The van der Waals surface area contributed by atoms with Gasteiger partial charge in [-0.05, 0) is 55.0 Å². The minimum atomic E-state index is -0.333. The molecule has 1 N–H and O–H groups in total. The summed E-state index contributed by atoms with van der Waals surface area (Å²) in [7, 11) is 1.63. The zero-order valence-electron chi connectivity index (χ0n) is 18.1. The Balaban J connectivity index is 1.44. The minimum absolute atomic E-state index is 0.108. The molecule has 4 aromatic rings. The number of benzene rings is 3. The second-order valence-electron chi connectivity index (χ2n) is 7.22. The predicted octanol–water partition coefficient (Wildman–Crippen LogP) is 5.59. The highest BCUT2D eigenvalue weighted by Crippen LogP contribution is 2.30. The van der Waals surface area contributed by atoms with Gasteiger partial charge in [0.25, 0.3) is 0 Å². The lowest BCUT2D eigenvalue weighted by atomic mass is 10.2. The van der Waals surface area contributed by atoms with E-state index in [1.165, 1.54) is 12.1 Å². The molecule has 0 saturated heterocycles. The number of para-hydroxylation sites is 1. The standard InChI is InChI=1S/C25H23FN4O2S/c1-32-22-10-5-7-18(17-22)24-28-29-25(30(24)21-8-3-2-4-9-21)33-16-6-11-23(31)27-20-14-12-19(26)13-15-20/h2-5,7-10,12-15,17H,6,11,16H2,1H3,(H,27,31). The number of carbonyl (C=O) groups excluding carboxylic acids is 1. The molecule has 0 aliphatic rings. The number of carbonyl (C=O) groups is 1. The summed E-state index contributed by atoms with van der Waals surface area (Å²) < 4.78 is 20.4. The van der Waals surface area contributed by atoms with Crippen LogP contribution in [0.4, 0.5) is 10.1 Å². The van der Waals surface area contributed by atoms with Crippen molar-refractivity contribution in [2.45, 2.75) is 18.0 Å². The maximum atomic E-state index is 13.0. The van der Waals surface area contributed by atoms with Crippen molar-refractivity contribution in [2.24, 2.45) is 0 Å². The number of nitrogens with one attached hydrogen (secondary N) is 1. The van der Waals surface area contributed by atoms with Crippen molar-refractivity contribution in [3.63, 3.8) is 0 Å². The molecule has 0 aliphatic carbocycles. The first-order valence-electron chi connectivity index (χ1n) is 10.5. The average Bonchev–Trinajstić information content (AvgIpc) is 3.28. The fraction of sp³-hybridized carbons (Fsp3) is 0.160. The summed E-state index contributed by atoms with van der Waals surface area (Å²) in [6.07, 6.45) is 1.01. The van der Waals surface area contributed by atoms with E-state index in [1.54, 1.807) is 31.0 Å². The normalized spacial score (nSPS) is 10.7. The number of rotatable bonds is 9. The SMILES string of the molecule is COc1cccc(-c2nnc(SCCCC(=O)Nc3ccc(F)cc3)n2-c2ccccc2)c1. The molecule has 8 heteroatoms. The number of nitrogens with zero attached hydrogens (tertiary/aromatic N) is 3. The maximum absolute atomic E-state index is 13.0. The Morgan fingerprint density at radius 2 is 1.82 bits per heavy atom. The van der Waals surface area contributed by atoms with Crippen LogP contribution in [0.1, 0.15) is 12.8 Å². The number of thioether (sulfide) groups is 1. The van der Waals surface area contributed by atoms with Crippen LogP contribution in [0.2, 0.25) is 0 Å². The Kier molecular flexibility index (Phi) is 7.36.